The number of hydrogen-bond acceptors (Lipinski definition) is 3. The zero-order valence-electron chi connectivity index (χ0n) is 12.0. The molecule has 0 spiro atoms. The lowest BCUT2D eigenvalue weighted by atomic mass is 10.1. The van der Waals surface area contributed by atoms with Crippen molar-refractivity contribution in [2.24, 2.45) is 0 Å². The Labute approximate surface area is 120 Å². The molecule has 1 aliphatic heterocycles. The highest BCUT2D eigenvalue weighted by atomic mass is 32.2. The molecule has 4 nitrogen and oxygen atoms in total. The number of benzene rings is 1. The number of carbonyl (C=O) groups is 1. The monoisotopic (exact) mass is 295 g/mol. The van der Waals surface area contributed by atoms with E-state index >= 15 is 0 Å². The molecule has 1 aromatic carbocycles. The van der Waals surface area contributed by atoms with Crippen LogP contribution < -0.4 is 0 Å². The van der Waals surface area contributed by atoms with E-state index in [4.69, 9.17) is 0 Å². The summed E-state index contributed by atoms with van der Waals surface area (Å²) in [5, 5.41) is 0. The first kappa shape index (κ1) is 15.0. The molecule has 0 radical (unpaired) electrons. The predicted molar refractivity (Wildman–Crippen MR) is 79.6 cm³/mol. The fraction of sp³-hybridized carbons (Fsp3) is 0.533. The lowest BCUT2D eigenvalue weighted by molar-refractivity contribution is 0.0697. The molecule has 2 rings (SSSR count). The van der Waals surface area contributed by atoms with Gasteiger partial charge in [-0.15, -0.1) is 0 Å². The van der Waals surface area contributed by atoms with E-state index in [2.05, 4.69) is 0 Å². The summed E-state index contributed by atoms with van der Waals surface area (Å²) < 4.78 is 23.2. The number of carbonyl (C=O) groups excluding carboxylic acids is 1. The lowest BCUT2D eigenvalue weighted by Crippen LogP contribution is -2.41. The van der Waals surface area contributed by atoms with Gasteiger partial charge in [-0.2, -0.15) is 0 Å². The van der Waals surface area contributed by atoms with Crippen LogP contribution in [0.15, 0.2) is 24.3 Å². The molecule has 0 N–H and O–H groups in total. The van der Waals surface area contributed by atoms with Crippen molar-refractivity contribution in [3.8, 4) is 0 Å². The minimum absolute atomic E-state index is 0.0577. The van der Waals surface area contributed by atoms with Crippen molar-refractivity contribution in [1.82, 2.24) is 4.90 Å². The molecule has 0 unspecified atom stereocenters. The summed E-state index contributed by atoms with van der Waals surface area (Å²) in [6.07, 6.45) is 1.38. The van der Waals surface area contributed by atoms with Gasteiger partial charge in [-0.3, -0.25) is 4.79 Å². The van der Waals surface area contributed by atoms with E-state index in [0.717, 1.165) is 12.0 Å². The second-order valence-electron chi connectivity index (χ2n) is 5.42. The fourth-order valence-electron chi connectivity index (χ4n) is 2.66. The Morgan fingerprint density at radius 2 is 2.15 bits per heavy atom. The SMILES string of the molecule is CCCN(C(=O)c1cccc(C)c1)[C@H]1CCS(=O)(=O)C1. The molecule has 1 aromatic rings. The number of rotatable bonds is 4. The number of amides is 1. The molecule has 1 aliphatic rings. The Bertz CT molecular complexity index is 595. The highest BCUT2D eigenvalue weighted by Gasteiger charge is 2.34. The molecular formula is C15H21NO3S. The van der Waals surface area contributed by atoms with Crippen molar-refractivity contribution >= 4 is 15.7 Å². The summed E-state index contributed by atoms with van der Waals surface area (Å²) in [5.41, 5.74) is 1.68. The summed E-state index contributed by atoms with van der Waals surface area (Å²) in [7, 11) is -2.98. The highest BCUT2D eigenvalue weighted by molar-refractivity contribution is 7.91. The number of hydrogen-bond donors (Lipinski definition) is 0. The minimum atomic E-state index is -2.98. The molecule has 1 amide bonds. The van der Waals surface area contributed by atoms with E-state index in [1.165, 1.54) is 0 Å². The standard InChI is InChI=1S/C15H21NO3S/c1-3-8-16(14-7-9-20(18,19)11-14)15(17)13-6-4-5-12(2)10-13/h4-6,10,14H,3,7-9,11H2,1-2H3/t14-/m0/s1. The van der Waals surface area contributed by atoms with Gasteiger partial charge in [0, 0.05) is 18.2 Å². The van der Waals surface area contributed by atoms with Gasteiger partial charge in [0.2, 0.25) is 0 Å². The summed E-state index contributed by atoms with van der Waals surface area (Å²) in [6.45, 7) is 4.55. The zero-order valence-corrected chi connectivity index (χ0v) is 12.8. The average Bonchev–Trinajstić information content (AvgIpc) is 2.75. The van der Waals surface area contributed by atoms with Crippen LogP contribution in [0.3, 0.4) is 0 Å². The number of aryl methyl sites for hydroxylation is 1. The van der Waals surface area contributed by atoms with Gasteiger partial charge in [0.05, 0.1) is 11.5 Å². The Balaban J connectivity index is 2.22. The van der Waals surface area contributed by atoms with Gasteiger partial charge in [-0.1, -0.05) is 24.6 Å². The zero-order chi connectivity index (χ0) is 14.8. The van der Waals surface area contributed by atoms with Gasteiger partial charge in [-0.25, -0.2) is 8.42 Å². The molecule has 5 heteroatoms. The van der Waals surface area contributed by atoms with Gasteiger partial charge in [0.25, 0.3) is 5.91 Å². The molecule has 1 saturated heterocycles. The van der Waals surface area contributed by atoms with E-state index in [0.29, 0.717) is 18.5 Å². The molecule has 0 aliphatic carbocycles. The smallest absolute Gasteiger partial charge is 0.254 e. The molecule has 1 atom stereocenters. The molecule has 20 heavy (non-hydrogen) atoms. The van der Waals surface area contributed by atoms with Crippen LogP contribution in [-0.4, -0.2) is 43.3 Å². The third kappa shape index (κ3) is 3.39. The summed E-state index contributed by atoms with van der Waals surface area (Å²) in [5.74, 6) is 0.237. The van der Waals surface area contributed by atoms with Crippen LogP contribution in [0.25, 0.3) is 0 Å². The minimum Gasteiger partial charge on any atom is -0.335 e. The van der Waals surface area contributed by atoms with Crippen molar-refractivity contribution in [1.29, 1.82) is 0 Å². The van der Waals surface area contributed by atoms with Gasteiger partial charge < -0.3 is 4.90 Å². The van der Waals surface area contributed by atoms with Crippen LogP contribution in [0.1, 0.15) is 35.7 Å². The van der Waals surface area contributed by atoms with Gasteiger partial charge in [0.15, 0.2) is 9.84 Å². The van der Waals surface area contributed by atoms with E-state index in [-0.39, 0.29) is 23.5 Å². The van der Waals surface area contributed by atoms with Crippen LogP contribution in [0.2, 0.25) is 0 Å². The average molecular weight is 295 g/mol. The first-order chi connectivity index (χ1) is 9.43. The highest BCUT2D eigenvalue weighted by Crippen LogP contribution is 2.20. The van der Waals surface area contributed by atoms with E-state index in [1.807, 2.05) is 32.0 Å². The third-order valence-electron chi connectivity index (χ3n) is 3.64. The molecule has 0 saturated carbocycles. The fourth-order valence-corrected chi connectivity index (χ4v) is 4.39. The molecular weight excluding hydrogens is 274 g/mol. The second kappa shape index (κ2) is 5.95. The van der Waals surface area contributed by atoms with E-state index in [9.17, 15) is 13.2 Å². The largest absolute Gasteiger partial charge is 0.335 e. The van der Waals surface area contributed by atoms with Crippen LogP contribution >= 0.6 is 0 Å². The predicted octanol–water partition coefficient (Wildman–Crippen LogP) is 2.03. The van der Waals surface area contributed by atoms with Gasteiger partial charge in [-0.05, 0) is 31.9 Å². The van der Waals surface area contributed by atoms with Crippen LogP contribution in [0.5, 0.6) is 0 Å². The summed E-state index contributed by atoms with van der Waals surface area (Å²) in [6, 6.07) is 7.28. The molecule has 1 fully saturated rings. The molecule has 0 aromatic heterocycles. The van der Waals surface area contributed by atoms with E-state index < -0.39 is 9.84 Å². The van der Waals surface area contributed by atoms with Crippen LogP contribution in [-0.2, 0) is 9.84 Å². The van der Waals surface area contributed by atoms with Crippen molar-refractivity contribution in [2.45, 2.75) is 32.7 Å². The summed E-state index contributed by atoms with van der Waals surface area (Å²) in [4.78, 5) is 14.4. The topological polar surface area (TPSA) is 54.5 Å². The Morgan fingerprint density at radius 3 is 2.70 bits per heavy atom. The Hall–Kier alpha value is -1.36. The third-order valence-corrected chi connectivity index (χ3v) is 5.39. The van der Waals surface area contributed by atoms with E-state index in [1.54, 1.807) is 11.0 Å². The quantitative estimate of drug-likeness (QED) is 0.854. The molecule has 110 valence electrons. The maximum Gasteiger partial charge on any atom is 0.254 e. The van der Waals surface area contributed by atoms with Gasteiger partial charge in [0.1, 0.15) is 0 Å². The summed E-state index contributed by atoms with van der Waals surface area (Å²) >= 11 is 0. The molecule has 1 heterocycles. The van der Waals surface area contributed by atoms with Crippen molar-refractivity contribution in [2.75, 3.05) is 18.1 Å². The van der Waals surface area contributed by atoms with Crippen LogP contribution in [0, 0.1) is 6.92 Å². The lowest BCUT2D eigenvalue weighted by Gasteiger charge is -2.28. The van der Waals surface area contributed by atoms with Crippen molar-refractivity contribution in [3.63, 3.8) is 0 Å². The first-order valence-electron chi connectivity index (χ1n) is 7.01. The van der Waals surface area contributed by atoms with Crippen LogP contribution in [0.4, 0.5) is 0 Å². The maximum absolute atomic E-state index is 12.6. The van der Waals surface area contributed by atoms with Gasteiger partial charge >= 0.3 is 0 Å². The first-order valence-corrected chi connectivity index (χ1v) is 8.83. The number of nitrogens with zero attached hydrogens (tertiary/aromatic N) is 1. The Morgan fingerprint density at radius 1 is 1.40 bits per heavy atom. The normalized spacial score (nSPS) is 20.8. The molecule has 0 bridgehead atoms. The second-order valence-corrected chi connectivity index (χ2v) is 7.65. The number of sulfone groups is 1. The van der Waals surface area contributed by atoms with Crippen molar-refractivity contribution in [3.05, 3.63) is 35.4 Å². The Kier molecular flexibility index (Phi) is 4.48. The van der Waals surface area contributed by atoms with Crippen molar-refractivity contribution < 1.29 is 13.2 Å². The maximum atomic E-state index is 12.6.